The van der Waals surface area contributed by atoms with Crippen molar-refractivity contribution in [3.63, 3.8) is 0 Å². The molecule has 0 radical (unpaired) electrons. The molecule has 0 amide bonds. The molecule has 2 aromatic heterocycles. The van der Waals surface area contributed by atoms with Crippen LogP contribution in [0.2, 0.25) is 0 Å². The number of aromatic nitrogens is 2. The second-order valence-corrected chi connectivity index (χ2v) is 7.89. The van der Waals surface area contributed by atoms with Crippen molar-refractivity contribution >= 4 is 32.7 Å². The van der Waals surface area contributed by atoms with Crippen LogP contribution in [0.5, 0.6) is 28.7 Å². The summed E-state index contributed by atoms with van der Waals surface area (Å²) in [6, 6.07) is 17.2. The van der Waals surface area contributed by atoms with Gasteiger partial charge >= 0.3 is 0 Å². The highest BCUT2D eigenvalue weighted by Crippen LogP contribution is 2.38. The summed E-state index contributed by atoms with van der Waals surface area (Å²) in [5, 5.41) is 4.18. The Morgan fingerprint density at radius 1 is 0.879 bits per heavy atom. The van der Waals surface area contributed by atoms with E-state index in [1.165, 1.54) is 0 Å². The lowest BCUT2D eigenvalue weighted by molar-refractivity contribution is 0.311. The molecule has 2 aromatic carbocycles. The summed E-state index contributed by atoms with van der Waals surface area (Å²) >= 11 is 3.35. The van der Waals surface area contributed by atoms with E-state index < -0.39 is 0 Å². The highest BCUT2D eigenvalue weighted by molar-refractivity contribution is 9.10. The predicted octanol–water partition coefficient (Wildman–Crippen LogP) is 6.21. The van der Waals surface area contributed by atoms with Crippen molar-refractivity contribution in [2.75, 3.05) is 26.1 Å². The molecule has 170 valence electrons. The van der Waals surface area contributed by atoms with E-state index in [4.69, 9.17) is 23.9 Å². The second kappa shape index (κ2) is 10.4. The third-order valence-electron chi connectivity index (χ3n) is 4.92. The average molecular weight is 510 g/mol. The minimum absolute atomic E-state index is 0.517. The van der Waals surface area contributed by atoms with E-state index in [9.17, 15) is 0 Å². The molecule has 0 bridgehead atoms. The normalized spacial score (nSPS) is 10.7. The van der Waals surface area contributed by atoms with Gasteiger partial charge in [0.15, 0.2) is 11.5 Å². The summed E-state index contributed by atoms with van der Waals surface area (Å²) in [5.41, 5.74) is 1.82. The molecule has 4 aromatic rings. The van der Waals surface area contributed by atoms with Crippen molar-refractivity contribution in [1.29, 1.82) is 0 Å². The number of benzene rings is 2. The van der Waals surface area contributed by atoms with E-state index >= 15 is 0 Å². The van der Waals surface area contributed by atoms with Crippen LogP contribution in [-0.2, 0) is 6.54 Å². The number of methoxy groups -OCH3 is 2. The molecule has 0 fully saturated rings. The van der Waals surface area contributed by atoms with Gasteiger partial charge in [-0.15, -0.1) is 0 Å². The Bertz CT molecular complexity index is 1230. The Hall–Kier alpha value is -3.52. The lowest BCUT2D eigenvalue weighted by Gasteiger charge is -2.15. The summed E-state index contributed by atoms with van der Waals surface area (Å²) in [4.78, 5) is 9.02. The molecular formula is C25H24BrN3O4. The van der Waals surface area contributed by atoms with Crippen LogP contribution >= 0.6 is 15.9 Å². The largest absolute Gasteiger partial charge is 0.497 e. The van der Waals surface area contributed by atoms with E-state index in [0.29, 0.717) is 42.0 Å². The first-order valence-electron chi connectivity index (χ1n) is 10.4. The van der Waals surface area contributed by atoms with Crippen LogP contribution in [0.3, 0.4) is 0 Å². The van der Waals surface area contributed by atoms with Crippen LogP contribution in [-0.4, -0.2) is 30.8 Å². The first-order chi connectivity index (χ1) is 16.1. The summed E-state index contributed by atoms with van der Waals surface area (Å²) in [5.74, 6) is 3.97. The Balaban J connectivity index is 1.71. The lowest BCUT2D eigenvalue weighted by atomic mass is 10.1. The van der Waals surface area contributed by atoms with Crippen LogP contribution in [0.25, 0.3) is 10.9 Å². The summed E-state index contributed by atoms with van der Waals surface area (Å²) in [7, 11) is 3.26. The van der Waals surface area contributed by atoms with Crippen molar-refractivity contribution in [2.24, 2.45) is 0 Å². The van der Waals surface area contributed by atoms with Gasteiger partial charge in [0.1, 0.15) is 27.7 Å². The van der Waals surface area contributed by atoms with Crippen molar-refractivity contribution in [3.05, 3.63) is 71.0 Å². The summed E-state index contributed by atoms with van der Waals surface area (Å²) in [6.45, 7) is 3.04. The fourth-order valence-electron chi connectivity index (χ4n) is 3.29. The highest BCUT2D eigenvalue weighted by atomic mass is 79.9. The van der Waals surface area contributed by atoms with Gasteiger partial charge in [-0.3, -0.25) is 0 Å². The topological polar surface area (TPSA) is 74.7 Å². The van der Waals surface area contributed by atoms with Gasteiger partial charge in [-0.05, 0) is 58.7 Å². The van der Waals surface area contributed by atoms with Crippen molar-refractivity contribution in [3.8, 4) is 28.7 Å². The zero-order chi connectivity index (χ0) is 23.2. The molecule has 0 unspecified atom stereocenters. The van der Waals surface area contributed by atoms with Crippen molar-refractivity contribution in [1.82, 2.24) is 9.97 Å². The minimum atomic E-state index is 0.517. The Morgan fingerprint density at radius 2 is 1.67 bits per heavy atom. The Kier molecular flexibility index (Phi) is 7.14. The Labute approximate surface area is 200 Å². The monoisotopic (exact) mass is 509 g/mol. The van der Waals surface area contributed by atoms with Gasteiger partial charge < -0.3 is 24.3 Å². The number of hydrogen-bond acceptors (Lipinski definition) is 7. The molecule has 7 nitrogen and oxygen atoms in total. The zero-order valence-electron chi connectivity index (χ0n) is 18.6. The first-order valence-corrected chi connectivity index (χ1v) is 11.2. The molecule has 0 spiro atoms. The number of ether oxygens (including phenoxy) is 4. The number of nitrogens with one attached hydrogen (secondary N) is 1. The minimum Gasteiger partial charge on any atom is -0.497 e. The smallest absolute Gasteiger partial charge is 0.162 e. The molecule has 0 saturated heterocycles. The fraction of sp³-hybridized carbons (Fsp3) is 0.200. The molecule has 0 aliphatic rings. The van der Waals surface area contributed by atoms with Crippen molar-refractivity contribution in [2.45, 2.75) is 13.5 Å². The lowest BCUT2D eigenvalue weighted by Crippen LogP contribution is -2.03. The number of anilines is 1. The quantitative estimate of drug-likeness (QED) is 0.268. The van der Waals surface area contributed by atoms with Crippen LogP contribution in [0, 0.1) is 0 Å². The standard InChI is InChI=1S/C25H24BrN3O4/c1-4-32-23-11-19-20(12-22(23)31-3)29-25(28-14-16-5-7-17(30-2)8-6-16)13-21(19)33-18-9-10-24(26)27-15-18/h5-13,15H,4,14H2,1-3H3,(H,28,29). The van der Waals surface area contributed by atoms with Gasteiger partial charge in [-0.1, -0.05) is 12.1 Å². The maximum absolute atomic E-state index is 6.20. The van der Waals surface area contributed by atoms with E-state index in [1.54, 1.807) is 20.4 Å². The molecule has 33 heavy (non-hydrogen) atoms. The number of halogens is 1. The third kappa shape index (κ3) is 5.46. The van der Waals surface area contributed by atoms with E-state index in [0.717, 1.165) is 26.8 Å². The Morgan fingerprint density at radius 3 is 2.33 bits per heavy atom. The van der Waals surface area contributed by atoms with Gasteiger partial charge in [-0.2, -0.15) is 0 Å². The summed E-state index contributed by atoms with van der Waals surface area (Å²) < 4.78 is 23.4. The predicted molar refractivity (Wildman–Crippen MR) is 132 cm³/mol. The van der Waals surface area contributed by atoms with Gasteiger partial charge in [0, 0.05) is 24.1 Å². The number of rotatable bonds is 9. The summed E-state index contributed by atoms with van der Waals surface area (Å²) in [6.07, 6.45) is 1.66. The number of nitrogens with zero attached hydrogens (tertiary/aromatic N) is 2. The first kappa shape index (κ1) is 22.7. The third-order valence-corrected chi connectivity index (χ3v) is 5.39. The molecule has 0 aliphatic carbocycles. The maximum atomic E-state index is 6.20. The van der Waals surface area contributed by atoms with Crippen LogP contribution < -0.4 is 24.3 Å². The molecule has 8 heteroatoms. The average Bonchev–Trinajstić information content (AvgIpc) is 2.84. The van der Waals surface area contributed by atoms with Crippen LogP contribution in [0.15, 0.2) is 65.4 Å². The molecule has 4 rings (SSSR count). The van der Waals surface area contributed by atoms with E-state index in [2.05, 4.69) is 26.2 Å². The van der Waals surface area contributed by atoms with Crippen LogP contribution in [0.4, 0.5) is 5.82 Å². The fourth-order valence-corrected chi connectivity index (χ4v) is 3.53. The molecule has 2 heterocycles. The number of hydrogen-bond donors (Lipinski definition) is 1. The van der Waals surface area contributed by atoms with E-state index in [1.807, 2.05) is 61.5 Å². The maximum Gasteiger partial charge on any atom is 0.162 e. The molecule has 0 saturated carbocycles. The van der Waals surface area contributed by atoms with E-state index in [-0.39, 0.29) is 0 Å². The molecule has 0 atom stereocenters. The molecule has 0 aliphatic heterocycles. The van der Waals surface area contributed by atoms with Crippen molar-refractivity contribution < 1.29 is 18.9 Å². The molecular weight excluding hydrogens is 486 g/mol. The molecule has 1 N–H and O–H groups in total. The SMILES string of the molecule is CCOc1cc2c(Oc3ccc(Br)nc3)cc(NCc3ccc(OC)cc3)nc2cc1OC. The van der Waals surface area contributed by atoms with Gasteiger partial charge in [0.2, 0.25) is 0 Å². The number of fused-ring (bicyclic) bond motifs is 1. The van der Waals surface area contributed by atoms with Gasteiger partial charge in [0.25, 0.3) is 0 Å². The second-order valence-electron chi connectivity index (χ2n) is 7.08. The number of pyridine rings is 2. The highest BCUT2D eigenvalue weighted by Gasteiger charge is 2.14. The van der Waals surface area contributed by atoms with Crippen LogP contribution in [0.1, 0.15) is 12.5 Å². The van der Waals surface area contributed by atoms with Gasteiger partial charge in [-0.25, -0.2) is 9.97 Å². The zero-order valence-corrected chi connectivity index (χ0v) is 20.2. The van der Waals surface area contributed by atoms with Gasteiger partial charge in [0.05, 0.1) is 32.5 Å².